The summed E-state index contributed by atoms with van der Waals surface area (Å²) >= 11 is 0. The average Bonchev–Trinajstić information content (AvgIpc) is 2.83. The maximum Gasteiger partial charge on any atom is 0.317 e. The number of carbonyl (C=O) groups excluding carboxylic acids is 3. The van der Waals surface area contributed by atoms with Crippen LogP contribution in [0.4, 0.5) is 4.79 Å². The molecule has 2 heterocycles. The number of nitrogens with zero attached hydrogens (tertiary/aromatic N) is 3. The van der Waals surface area contributed by atoms with Crippen molar-refractivity contribution in [1.29, 1.82) is 0 Å². The van der Waals surface area contributed by atoms with Gasteiger partial charge in [-0.3, -0.25) is 9.59 Å². The van der Waals surface area contributed by atoms with E-state index in [-0.39, 0.29) is 12.1 Å². The first-order chi connectivity index (χ1) is 15.6. The SMILES string of the molecule is COc1ccccc1CN1CCN(C2CCN(C(=O)NC3CCCCC3)CC2)C(=O)C1=O. The van der Waals surface area contributed by atoms with Crippen molar-refractivity contribution in [2.24, 2.45) is 0 Å². The van der Waals surface area contributed by atoms with Crippen LogP contribution in [-0.4, -0.2) is 77.9 Å². The molecule has 1 N–H and O–H groups in total. The molecular weight excluding hydrogens is 408 g/mol. The first kappa shape index (κ1) is 22.4. The van der Waals surface area contributed by atoms with Gasteiger partial charge in [0.05, 0.1) is 7.11 Å². The van der Waals surface area contributed by atoms with E-state index in [0.29, 0.717) is 57.4 Å². The number of methoxy groups -OCH3 is 1. The highest BCUT2D eigenvalue weighted by Crippen LogP contribution is 2.24. The van der Waals surface area contributed by atoms with Crippen LogP contribution in [0, 0.1) is 0 Å². The topological polar surface area (TPSA) is 82.2 Å². The van der Waals surface area contributed by atoms with E-state index in [2.05, 4.69) is 5.32 Å². The normalized spacial score (nSPS) is 21.1. The summed E-state index contributed by atoms with van der Waals surface area (Å²) < 4.78 is 5.37. The molecule has 0 bridgehead atoms. The molecule has 32 heavy (non-hydrogen) atoms. The molecule has 3 aliphatic rings. The van der Waals surface area contributed by atoms with Crippen molar-refractivity contribution in [3.05, 3.63) is 29.8 Å². The summed E-state index contributed by atoms with van der Waals surface area (Å²) in [5.41, 5.74) is 0.891. The van der Waals surface area contributed by atoms with Crippen molar-refractivity contribution >= 4 is 17.8 Å². The minimum absolute atomic E-state index is 0.0126. The van der Waals surface area contributed by atoms with Crippen LogP contribution in [0.5, 0.6) is 5.75 Å². The number of para-hydroxylation sites is 1. The summed E-state index contributed by atoms with van der Waals surface area (Å²) in [6.07, 6.45) is 7.19. The van der Waals surface area contributed by atoms with Gasteiger partial charge in [0.15, 0.2) is 0 Å². The zero-order valence-electron chi connectivity index (χ0n) is 18.9. The van der Waals surface area contributed by atoms with Gasteiger partial charge in [0.1, 0.15) is 5.75 Å². The van der Waals surface area contributed by atoms with Crippen molar-refractivity contribution in [2.75, 3.05) is 33.3 Å². The maximum atomic E-state index is 12.9. The van der Waals surface area contributed by atoms with E-state index in [1.165, 1.54) is 19.3 Å². The second-order valence-electron chi connectivity index (χ2n) is 9.04. The number of piperidine rings is 1. The van der Waals surface area contributed by atoms with Crippen molar-refractivity contribution < 1.29 is 19.1 Å². The average molecular weight is 443 g/mol. The predicted octanol–water partition coefficient (Wildman–Crippen LogP) is 2.37. The number of piperazine rings is 1. The molecule has 0 radical (unpaired) electrons. The maximum absolute atomic E-state index is 12.9. The van der Waals surface area contributed by atoms with Gasteiger partial charge in [-0.15, -0.1) is 0 Å². The number of carbonyl (C=O) groups is 3. The van der Waals surface area contributed by atoms with Crippen molar-refractivity contribution in [1.82, 2.24) is 20.0 Å². The molecule has 8 nitrogen and oxygen atoms in total. The van der Waals surface area contributed by atoms with Crippen LogP contribution in [0.15, 0.2) is 24.3 Å². The van der Waals surface area contributed by atoms with Crippen LogP contribution in [0.2, 0.25) is 0 Å². The zero-order chi connectivity index (χ0) is 22.5. The molecule has 1 aliphatic carbocycles. The van der Waals surface area contributed by atoms with Gasteiger partial charge in [-0.1, -0.05) is 37.5 Å². The Kier molecular flexibility index (Phi) is 7.17. The second kappa shape index (κ2) is 10.2. The molecule has 0 aromatic heterocycles. The van der Waals surface area contributed by atoms with E-state index in [4.69, 9.17) is 4.74 Å². The molecule has 2 saturated heterocycles. The largest absolute Gasteiger partial charge is 0.496 e. The smallest absolute Gasteiger partial charge is 0.317 e. The van der Waals surface area contributed by atoms with Gasteiger partial charge in [0.25, 0.3) is 0 Å². The lowest BCUT2D eigenvalue weighted by Crippen LogP contribution is -2.59. The van der Waals surface area contributed by atoms with Crippen LogP contribution in [0.25, 0.3) is 0 Å². The molecular formula is C24H34N4O4. The Morgan fingerprint density at radius 1 is 0.969 bits per heavy atom. The number of likely N-dealkylation sites (tertiary alicyclic amines) is 1. The first-order valence-corrected chi connectivity index (χ1v) is 11.8. The van der Waals surface area contributed by atoms with Gasteiger partial charge in [-0.25, -0.2) is 4.79 Å². The molecule has 8 heteroatoms. The van der Waals surface area contributed by atoms with Crippen LogP contribution < -0.4 is 10.1 Å². The summed E-state index contributed by atoms with van der Waals surface area (Å²) in [6.45, 7) is 2.63. The molecule has 4 amide bonds. The Morgan fingerprint density at radius 2 is 1.69 bits per heavy atom. The molecule has 1 saturated carbocycles. The Morgan fingerprint density at radius 3 is 2.41 bits per heavy atom. The Bertz CT molecular complexity index is 831. The minimum Gasteiger partial charge on any atom is -0.496 e. The molecule has 1 aromatic rings. The number of amides is 4. The number of hydrogen-bond acceptors (Lipinski definition) is 4. The van der Waals surface area contributed by atoms with Crippen LogP contribution >= 0.6 is 0 Å². The van der Waals surface area contributed by atoms with Gasteiger partial charge in [-0.05, 0) is 31.7 Å². The summed E-state index contributed by atoms with van der Waals surface area (Å²) in [6, 6.07) is 7.88. The Labute approximate surface area is 189 Å². The van der Waals surface area contributed by atoms with Crippen molar-refractivity contribution in [3.8, 4) is 5.75 Å². The molecule has 0 unspecified atom stereocenters. The van der Waals surface area contributed by atoms with Crippen LogP contribution in [-0.2, 0) is 16.1 Å². The zero-order valence-corrected chi connectivity index (χ0v) is 18.9. The molecule has 0 spiro atoms. The summed E-state index contributed by atoms with van der Waals surface area (Å²) in [5.74, 6) is -0.176. The summed E-state index contributed by atoms with van der Waals surface area (Å²) in [7, 11) is 1.60. The van der Waals surface area contributed by atoms with Gasteiger partial charge in [0.2, 0.25) is 0 Å². The Hall–Kier alpha value is -2.77. The van der Waals surface area contributed by atoms with E-state index in [9.17, 15) is 14.4 Å². The third-order valence-corrected chi connectivity index (χ3v) is 7.02. The lowest BCUT2D eigenvalue weighted by molar-refractivity contribution is -0.158. The number of urea groups is 1. The third kappa shape index (κ3) is 5.00. The fraction of sp³-hybridized carbons (Fsp3) is 0.625. The number of nitrogens with one attached hydrogen (secondary N) is 1. The highest BCUT2D eigenvalue weighted by Gasteiger charge is 2.38. The standard InChI is InChI=1S/C24H34N4O4/c1-32-21-10-6-5-7-18(21)17-27-15-16-28(23(30)22(27)29)20-11-13-26(14-12-20)24(31)25-19-8-3-2-4-9-19/h5-7,10,19-20H,2-4,8-9,11-17H2,1H3,(H,25,31). The van der Waals surface area contributed by atoms with E-state index in [1.807, 2.05) is 29.2 Å². The quantitative estimate of drug-likeness (QED) is 0.710. The highest BCUT2D eigenvalue weighted by molar-refractivity contribution is 6.35. The van der Waals surface area contributed by atoms with E-state index in [1.54, 1.807) is 16.9 Å². The number of benzene rings is 1. The summed E-state index contributed by atoms with van der Waals surface area (Å²) in [5, 5.41) is 3.17. The molecule has 3 fully saturated rings. The molecule has 174 valence electrons. The molecule has 4 rings (SSSR count). The third-order valence-electron chi connectivity index (χ3n) is 7.02. The Balaban J connectivity index is 1.28. The molecule has 0 atom stereocenters. The molecule has 1 aromatic carbocycles. The van der Waals surface area contributed by atoms with Gasteiger partial charge < -0.3 is 24.8 Å². The number of ether oxygens (including phenoxy) is 1. The van der Waals surface area contributed by atoms with Crippen molar-refractivity contribution in [2.45, 2.75) is 63.6 Å². The van der Waals surface area contributed by atoms with Crippen LogP contribution in [0.1, 0.15) is 50.5 Å². The summed E-state index contributed by atoms with van der Waals surface area (Å²) in [4.78, 5) is 43.4. The van der Waals surface area contributed by atoms with Gasteiger partial charge in [-0.2, -0.15) is 0 Å². The lowest BCUT2D eigenvalue weighted by atomic mass is 9.95. The van der Waals surface area contributed by atoms with E-state index >= 15 is 0 Å². The highest BCUT2D eigenvalue weighted by atomic mass is 16.5. The fourth-order valence-corrected chi connectivity index (χ4v) is 5.12. The van der Waals surface area contributed by atoms with E-state index < -0.39 is 11.8 Å². The van der Waals surface area contributed by atoms with Gasteiger partial charge in [0, 0.05) is 50.4 Å². The number of rotatable bonds is 5. The number of hydrogen-bond donors (Lipinski definition) is 1. The van der Waals surface area contributed by atoms with Gasteiger partial charge >= 0.3 is 17.8 Å². The first-order valence-electron chi connectivity index (χ1n) is 11.8. The fourth-order valence-electron chi connectivity index (χ4n) is 5.12. The monoisotopic (exact) mass is 442 g/mol. The van der Waals surface area contributed by atoms with Crippen LogP contribution in [0.3, 0.4) is 0 Å². The van der Waals surface area contributed by atoms with E-state index in [0.717, 1.165) is 18.4 Å². The second-order valence-corrected chi connectivity index (χ2v) is 9.04. The molecule has 2 aliphatic heterocycles. The predicted molar refractivity (Wildman–Crippen MR) is 120 cm³/mol. The minimum atomic E-state index is -0.459. The van der Waals surface area contributed by atoms with Crippen molar-refractivity contribution in [3.63, 3.8) is 0 Å². The lowest BCUT2D eigenvalue weighted by Gasteiger charge is -2.42.